The summed E-state index contributed by atoms with van der Waals surface area (Å²) in [6, 6.07) is 6.65. The van der Waals surface area contributed by atoms with Crippen molar-refractivity contribution in [3.8, 4) is 11.3 Å². The molecule has 1 aromatic heterocycles. The lowest BCUT2D eigenvalue weighted by atomic mass is 10.1. The average Bonchev–Trinajstić information content (AvgIpc) is 2.76. The van der Waals surface area contributed by atoms with Crippen molar-refractivity contribution in [3.63, 3.8) is 0 Å². The Bertz CT molecular complexity index is 742. The first kappa shape index (κ1) is 12.1. The SMILES string of the molecule is Nc1nc(C(=O)O)cc(-c2ccc3c(c2)CC(=O)N3)n1. The van der Waals surface area contributed by atoms with Crippen LogP contribution in [0.1, 0.15) is 16.1 Å². The zero-order valence-electron chi connectivity index (χ0n) is 10.3. The van der Waals surface area contributed by atoms with E-state index in [1.165, 1.54) is 6.07 Å². The van der Waals surface area contributed by atoms with E-state index in [0.29, 0.717) is 17.7 Å². The van der Waals surface area contributed by atoms with Crippen LogP contribution < -0.4 is 11.1 Å². The van der Waals surface area contributed by atoms with E-state index in [-0.39, 0.29) is 17.5 Å². The molecule has 0 aliphatic carbocycles. The molecule has 7 heteroatoms. The molecule has 100 valence electrons. The van der Waals surface area contributed by atoms with Gasteiger partial charge in [-0.05, 0) is 23.8 Å². The largest absolute Gasteiger partial charge is 0.477 e. The van der Waals surface area contributed by atoms with Crippen LogP contribution in [0.5, 0.6) is 0 Å². The quantitative estimate of drug-likeness (QED) is 0.746. The maximum atomic E-state index is 11.3. The van der Waals surface area contributed by atoms with Crippen molar-refractivity contribution in [3.05, 3.63) is 35.5 Å². The molecule has 0 atom stereocenters. The van der Waals surface area contributed by atoms with Gasteiger partial charge in [0.2, 0.25) is 11.9 Å². The third-order valence-corrected chi connectivity index (χ3v) is 2.99. The van der Waals surface area contributed by atoms with Gasteiger partial charge in [0, 0.05) is 11.3 Å². The van der Waals surface area contributed by atoms with E-state index in [0.717, 1.165) is 11.3 Å². The fraction of sp³-hybridized carbons (Fsp3) is 0.0769. The van der Waals surface area contributed by atoms with Crippen LogP contribution in [-0.4, -0.2) is 27.0 Å². The predicted octanol–water partition coefficient (Wildman–Crippen LogP) is 0.919. The van der Waals surface area contributed by atoms with Gasteiger partial charge in [-0.2, -0.15) is 0 Å². The van der Waals surface area contributed by atoms with E-state index in [1.807, 2.05) is 0 Å². The third-order valence-electron chi connectivity index (χ3n) is 2.99. The van der Waals surface area contributed by atoms with Gasteiger partial charge in [0.1, 0.15) is 0 Å². The highest BCUT2D eigenvalue weighted by Crippen LogP contribution is 2.28. The van der Waals surface area contributed by atoms with Crippen LogP contribution in [0.2, 0.25) is 0 Å². The number of hydrogen-bond acceptors (Lipinski definition) is 5. The molecule has 2 heterocycles. The number of nitrogens with zero attached hydrogens (tertiary/aromatic N) is 2. The fourth-order valence-corrected chi connectivity index (χ4v) is 2.11. The smallest absolute Gasteiger partial charge is 0.354 e. The summed E-state index contributed by atoms with van der Waals surface area (Å²) < 4.78 is 0. The second-order valence-electron chi connectivity index (χ2n) is 4.40. The van der Waals surface area contributed by atoms with Crippen LogP contribution in [0, 0.1) is 0 Å². The molecule has 0 saturated heterocycles. The van der Waals surface area contributed by atoms with Crippen molar-refractivity contribution in [2.75, 3.05) is 11.1 Å². The molecular weight excluding hydrogens is 260 g/mol. The van der Waals surface area contributed by atoms with E-state index in [9.17, 15) is 9.59 Å². The number of nitrogens with one attached hydrogen (secondary N) is 1. The van der Waals surface area contributed by atoms with Crippen molar-refractivity contribution in [2.24, 2.45) is 0 Å². The Kier molecular flexibility index (Phi) is 2.60. The molecule has 0 fully saturated rings. The second-order valence-corrected chi connectivity index (χ2v) is 4.40. The number of nitrogens with two attached hydrogens (primary N) is 1. The molecule has 1 amide bonds. The molecule has 7 nitrogen and oxygen atoms in total. The zero-order valence-corrected chi connectivity index (χ0v) is 10.3. The number of anilines is 2. The molecule has 3 rings (SSSR count). The molecule has 2 aromatic rings. The summed E-state index contributed by atoms with van der Waals surface area (Å²) in [6.45, 7) is 0. The summed E-state index contributed by atoms with van der Waals surface area (Å²) >= 11 is 0. The first-order valence-corrected chi connectivity index (χ1v) is 5.84. The highest BCUT2D eigenvalue weighted by molar-refractivity contribution is 5.99. The molecule has 0 unspecified atom stereocenters. The van der Waals surface area contributed by atoms with Gasteiger partial charge >= 0.3 is 5.97 Å². The number of fused-ring (bicyclic) bond motifs is 1. The fourth-order valence-electron chi connectivity index (χ4n) is 2.11. The molecule has 4 N–H and O–H groups in total. The summed E-state index contributed by atoms with van der Waals surface area (Å²) in [6.07, 6.45) is 0.301. The van der Waals surface area contributed by atoms with Gasteiger partial charge in [-0.3, -0.25) is 4.79 Å². The topological polar surface area (TPSA) is 118 Å². The average molecular weight is 270 g/mol. The summed E-state index contributed by atoms with van der Waals surface area (Å²) in [5.74, 6) is -1.33. The lowest BCUT2D eigenvalue weighted by Gasteiger charge is -2.05. The van der Waals surface area contributed by atoms with Crippen molar-refractivity contribution >= 4 is 23.5 Å². The Balaban J connectivity index is 2.08. The monoisotopic (exact) mass is 270 g/mol. The number of aromatic nitrogens is 2. The lowest BCUT2D eigenvalue weighted by molar-refractivity contribution is -0.115. The molecule has 0 saturated carbocycles. The minimum Gasteiger partial charge on any atom is -0.477 e. The molecule has 1 aromatic carbocycles. The number of benzene rings is 1. The van der Waals surface area contributed by atoms with E-state index in [1.54, 1.807) is 18.2 Å². The minimum atomic E-state index is -1.17. The lowest BCUT2D eigenvalue weighted by Crippen LogP contribution is -2.06. The van der Waals surface area contributed by atoms with Crippen LogP contribution in [0.25, 0.3) is 11.3 Å². The molecule has 0 radical (unpaired) electrons. The van der Waals surface area contributed by atoms with Gasteiger partial charge in [0.25, 0.3) is 0 Å². The first-order chi connectivity index (χ1) is 9.52. The molecule has 0 spiro atoms. The van der Waals surface area contributed by atoms with Crippen molar-refractivity contribution in [1.29, 1.82) is 0 Å². The Hall–Kier alpha value is -2.96. The van der Waals surface area contributed by atoms with E-state index in [4.69, 9.17) is 10.8 Å². The number of carboxylic acids is 1. The molecule has 1 aliphatic rings. The van der Waals surface area contributed by atoms with E-state index in [2.05, 4.69) is 15.3 Å². The van der Waals surface area contributed by atoms with Gasteiger partial charge in [0.15, 0.2) is 5.69 Å². The first-order valence-electron chi connectivity index (χ1n) is 5.84. The summed E-state index contributed by atoms with van der Waals surface area (Å²) in [5, 5.41) is 11.7. The number of amides is 1. The predicted molar refractivity (Wildman–Crippen MR) is 71.2 cm³/mol. The van der Waals surface area contributed by atoms with Crippen LogP contribution in [0.15, 0.2) is 24.3 Å². The molecule has 0 bridgehead atoms. The molecule has 20 heavy (non-hydrogen) atoms. The molecule has 1 aliphatic heterocycles. The number of aromatic carboxylic acids is 1. The van der Waals surface area contributed by atoms with Gasteiger partial charge < -0.3 is 16.2 Å². The second kappa shape index (κ2) is 4.30. The highest BCUT2D eigenvalue weighted by Gasteiger charge is 2.18. The normalized spacial score (nSPS) is 12.9. The van der Waals surface area contributed by atoms with Gasteiger partial charge in [-0.25, -0.2) is 14.8 Å². The number of hydrogen-bond donors (Lipinski definition) is 3. The third kappa shape index (κ3) is 2.05. The summed E-state index contributed by atoms with van der Waals surface area (Å²) in [4.78, 5) is 30.0. The van der Waals surface area contributed by atoms with E-state index >= 15 is 0 Å². The number of rotatable bonds is 2. The summed E-state index contributed by atoms with van der Waals surface area (Å²) in [5.41, 5.74) is 8.07. The highest BCUT2D eigenvalue weighted by atomic mass is 16.4. The van der Waals surface area contributed by atoms with Crippen LogP contribution in [0.4, 0.5) is 11.6 Å². The van der Waals surface area contributed by atoms with E-state index < -0.39 is 5.97 Å². The van der Waals surface area contributed by atoms with Crippen LogP contribution >= 0.6 is 0 Å². The Morgan fingerprint density at radius 1 is 1.30 bits per heavy atom. The molecular formula is C13H10N4O3. The Morgan fingerprint density at radius 3 is 2.85 bits per heavy atom. The van der Waals surface area contributed by atoms with Crippen molar-refractivity contribution < 1.29 is 14.7 Å². The van der Waals surface area contributed by atoms with Gasteiger partial charge in [0.05, 0.1) is 12.1 Å². The zero-order chi connectivity index (χ0) is 14.3. The van der Waals surface area contributed by atoms with Crippen LogP contribution in [-0.2, 0) is 11.2 Å². The Morgan fingerprint density at radius 2 is 2.10 bits per heavy atom. The number of nitrogen functional groups attached to an aromatic ring is 1. The number of carbonyl (C=O) groups is 2. The van der Waals surface area contributed by atoms with Gasteiger partial charge in [-0.1, -0.05) is 6.07 Å². The Labute approximate surface area is 113 Å². The maximum Gasteiger partial charge on any atom is 0.354 e. The van der Waals surface area contributed by atoms with Crippen molar-refractivity contribution in [1.82, 2.24) is 9.97 Å². The number of carbonyl (C=O) groups excluding carboxylic acids is 1. The summed E-state index contributed by atoms with van der Waals surface area (Å²) in [7, 11) is 0. The standard InChI is InChI=1S/C13H10N4O3/c14-13-16-9(5-10(17-13)12(19)20)6-1-2-8-7(3-6)4-11(18)15-8/h1-3,5H,4H2,(H,15,18)(H,19,20)(H2,14,16,17). The minimum absolute atomic E-state index is 0.0643. The van der Waals surface area contributed by atoms with Gasteiger partial charge in [-0.15, -0.1) is 0 Å². The van der Waals surface area contributed by atoms with Crippen LogP contribution in [0.3, 0.4) is 0 Å². The maximum absolute atomic E-state index is 11.3. The number of carboxylic acid groups (broad SMARTS) is 1. The van der Waals surface area contributed by atoms with Crippen molar-refractivity contribution in [2.45, 2.75) is 6.42 Å².